The van der Waals surface area contributed by atoms with Crippen LogP contribution in [0.1, 0.15) is 57.1 Å². The summed E-state index contributed by atoms with van der Waals surface area (Å²) in [5.41, 5.74) is 1.23. The van der Waals surface area contributed by atoms with Crippen molar-refractivity contribution in [3.8, 4) is 0 Å². The van der Waals surface area contributed by atoms with Crippen LogP contribution in [0.4, 0.5) is 4.39 Å². The Bertz CT molecular complexity index is 709. The van der Waals surface area contributed by atoms with E-state index in [-0.39, 0.29) is 35.5 Å². The summed E-state index contributed by atoms with van der Waals surface area (Å²) >= 11 is 0. The summed E-state index contributed by atoms with van der Waals surface area (Å²) in [6, 6.07) is 4.19. The molecule has 0 heterocycles. The third-order valence-corrected chi connectivity index (χ3v) is 5.09. The van der Waals surface area contributed by atoms with E-state index < -0.39 is 9.84 Å². The van der Waals surface area contributed by atoms with E-state index in [4.69, 9.17) is 0 Å². The van der Waals surface area contributed by atoms with Crippen LogP contribution in [0.3, 0.4) is 0 Å². The fraction of sp³-hybridized carbons (Fsp3) is 0.650. The fourth-order valence-corrected chi connectivity index (χ4v) is 3.67. The normalized spacial score (nSPS) is 12.0. The van der Waals surface area contributed by atoms with Gasteiger partial charge in [0.05, 0.1) is 5.75 Å². The highest BCUT2D eigenvalue weighted by atomic mass is 127. The molecule has 8 heteroatoms. The van der Waals surface area contributed by atoms with Gasteiger partial charge >= 0.3 is 0 Å². The first-order valence-electron chi connectivity index (χ1n) is 9.61. The number of nitrogens with one attached hydrogen (secondary N) is 2. The summed E-state index contributed by atoms with van der Waals surface area (Å²) in [6.07, 6.45) is 7.21. The lowest BCUT2D eigenvalue weighted by molar-refractivity contribution is 0.518. The van der Waals surface area contributed by atoms with Gasteiger partial charge in [-0.2, -0.15) is 0 Å². The van der Waals surface area contributed by atoms with Gasteiger partial charge in [0.25, 0.3) is 0 Å². The van der Waals surface area contributed by atoms with Crippen molar-refractivity contribution >= 4 is 39.8 Å². The molecule has 0 saturated heterocycles. The lowest BCUT2D eigenvalue weighted by Gasteiger charge is -2.14. The summed E-state index contributed by atoms with van der Waals surface area (Å²) in [6.45, 7) is 5.63. The van der Waals surface area contributed by atoms with Crippen LogP contribution in [-0.2, 0) is 22.1 Å². The second-order valence-corrected chi connectivity index (χ2v) is 9.57. The molecule has 1 rings (SSSR count). The van der Waals surface area contributed by atoms with Crippen molar-refractivity contribution in [2.24, 2.45) is 10.9 Å². The lowest BCUT2D eigenvalue weighted by Crippen LogP contribution is -2.37. The van der Waals surface area contributed by atoms with E-state index in [0.717, 1.165) is 18.9 Å². The molecule has 0 fully saturated rings. The molecule has 0 bridgehead atoms. The highest BCUT2D eigenvalue weighted by Crippen LogP contribution is 2.14. The molecule has 0 amide bonds. The Morgan fingerprint density at radius 2 is 1.79 bits per heavy atom. The smallest absolute Gasteiger partial charge is 0.191 e. The van der Waals surface area contributed by atoms with Gasteiger partial charge in [0, 0.05) is 26.4 Å². The predicted octanol–water partition coefficient (Wildman–Crippen LogP) is 4.26. The van der Waals surface area contributed by atoms with E-state index in [1.54, 1.807) is 7.05 Å². The van der Waals surface area contributed by atoms with Crippen molar-refractivity contribution in [1.29, 1.82) is 0 Å². The first-order valence-corrected chi connectivity index (χ1v) is 11.7. The Balaban J connectivity index is 0.00000729. The zero-order valence-electron chi connectivity index (χ0n) is 17.4. The van der Waals surface area contributed by atoms with Gasteiger partial charge in [-0.15, -0.1) is 24.0 Å². The molecule has 1 aromatic rings. The summed E-state index contributed by atoms with van der Waals surface area (Å²) in [5, 5.41) is 6.38. The third kappa shape index (κ3) is 12.5. The number of nitrogens with zero attached hydrogens (tertiary/aromatic N) is 1. The number of benzene rings is 1. The average molecular weight is 527 g/mol. The standard InChI is InChI=1S/C20H34FN3O2S.HI/c1-16(2)9-7-5-6-8-12-23-20(22-3)24-14-18-13-19(21)11-10-17(18)15-27(4,25)26;/h10-11,13,16H,5-9,12,14-15H2,1-4H3,(H2,22,23,24);1H. The van der Waals surface area contributed by atoms with Crippen LogP contribution in [-0.4, -0.2) is 34.2 Å². The van der Waals surface area contributed by atoms with Crippen molar-refractivity contribution in [2.75, 3.05) is 19.8 Å². The minimum atomic E-state index is -3.18. The first kappa shape index (κ1) is 27.1. The molecular weight excluding hydrogens is 492 g/mol. The highest BCUT2D eigenvalue weighted by molar-refractivity contribution is 14.0. The SMILES string of the molecule is CN=C(NCCCCCCC(C)C)NCc1cc(F)ccc1CS(C)(=O)=O.I. The molecule has 0 unspecified atom stereocenters. The number of aliphatic imine (C=N–C) groups is 1. The number of unbranched alkanes of at least 4 members (excludes halogenated alkanes) is 3. The second kappa shape index (κ2) is 14.1. The van der Waals surface area contributed by atoms with Crippen molar-refractivity contribution in [2.45, 2.75) is 58.2 Å². The zero-order valence-corrected chi connectivity index (χ0v) is 20.6. The van der Waals surface area contributed by atoms with E-state index in [9.17, 15) is 12.8 Å². The highest BCUT2D eigenvalue weighted by Gasteiger charge is 2.11. The molecule has 0 saturated carbocycles. The lowest BCUT2D eigenvalue weighted by atomic mass is 10.0. The van der Waals surface area contributed by atoms with Crippen LogP contribution in [0.5, 0.6) is 0 Å². The van der Waals surface area contributed by atoms with Crippen LogP contribution < -0.4 is 10.6 Å². The van der Waals surface area contributed by atoms with Gasteiger partial charge < -0.3 is 10.6 Å². The summed E-state index contributed by atoms with van der Waals surface area (Å²) in [4.78, 5) is 4.17. The molecule has 0 radical (unpaired) electrons. The number of sulfone groups is 1. The number of rotatable bonds is 11. The molecular formula is C20H35FIN3O2S. The molecule has 28 heavy (non-hydrogen) atoms. The van der Waals surface area contributed by atoms with Crippen LogP contribution >= 0.6 is 24.0 Å². The summed E-state index contributed by atoms with van der Waals surface area (Å²) < 4.78 is 36.7. The Morgan fingerprint density at radius 3 is 2.39 bits per heavy atom. The molecule has 0 aliphatic carbocycles. The van der Waals surface area contributed by atoms with Gasteiger partial charge in [0.2, 0.25) is 0 Å². The van der Waals surface area contributed by atoms with E-state index in [1.165, 1.54) is 50.1 Å². The van der Waals surface area contributed by atoms with Crippen LogP contribution in [0.2, 0.25) is 0 Å². The monoisotopic (exact) mass is 527 g/mol. The van der Waals surface area contributed by atoms with Gasteiger partial charge in [-0.1, -0.05) is 45.6 Å². The Labute approximate surface area is 186 Å². The molecule has 0 aliphatic rings. The van der Waals surface area contributed by atoms with E-state index in [1.807, 2.05) is 0 Å². The molecule has 0 aliphatic heterocycles. The first-order chi connectivity index (χ1) is 12.7. The Morgan fingerprint density at radius 1 is 1.11 bits per heavy atom. The van der Waals surface area contributed by atoms with Gasteiger partial charge in [-0.05, 0) is 35.6 Å². The van der Waals surface area contributed by atoms with E-state index in [2.05, 4.69) is 29.5 Å². The van der Waals surface area contributed by atoms with Gasteiger partial charge in [0.1, 0.15) is 5.82 Å². The second-order valence-electron chi connectivity index (χ2n) is 7.43. The number of hydrogen-bond donors (Lipinski definition) is 2. The van der Waals surface area contributed by atoms with Gasteiger partial charge in [-0.3, -0.25) is 4.99 Å². The maximum absolute atomic E-state index is 13.6. The summed E-state index contributed by atoms with van der Waals surface area (Å²) in [7, 11) is -1.50. The van der Waals surface area contributed by atoms with Crippen LogP contribution in [0.15, 0.2) is 23.2 Å². The predicted molar refractivity (Wildman–Crippen MR) is 126 cm³/mol. The molecule has 2 N–H and O–H groups in total. The molecule has 162 valence electrons. The zero-order chi connectivity index (χ0) is 20.3. The fourth-order valence-electron chi connectivity index (χ4n) is 2.82. The maximum atomic E-state index is 13.6. The number of halogens is 2. The van der Waals surface area contributed by atoms with Crippen molar-refractivity contribution in [1.82, 2.24) is 10.6 Å². The maximum Gasteiger partial charge on any atom is 0.191 e. The molecule has 5 nitrogen and oxygen atoms in total. The molecule has 0 spiro atoms. The van der Waals surface area contributed by atoms with Crippen LogP contribution in [0, 0.1) is 11.7 Å². The van der Waals surface area contributed by atoms with Crippen molar-refractivity contribution in [3.63, 3.8) is 0 Å². The Kier molecular flexibility index (Phi) is 13.7. The molecule has 1 aromatic carbocycles. The van der Waals surface area contributed by atoms with Crippen LogP contribution in [0.25, 0.3) is 0 Å². The average Bonchev–Trinajstić information content (AvgIpc) is 2.57. The summed E-state index contributed by atoms with van der Waals surface area (Å²) in [5.74, 6) is 0.911. The number of guanidine groups is 1. The van der Waals surface area contributed by atoms with Crippen molar-refractivity contribution < 1.29 is 12.8 Å². The minimum Gasteiger partial charge on any atom is -0.356 e. The molecule has 0 atom stereocenters. The minimum absolute atomic E-state index is 0. The quantitative estimate of drug-likeness (QED) is 0.195. The number of hydrogen-bond acceptors (Lipinski definition) is 3. The molecule has 0 aromatic heterocycles. The van der Waals surface area contributed by atoms with Gasteiger partial charge in [0.15, 0.2) is 15.8 Å². The van der Waals surface area contributed by atoms with Crippen molar-refractivity contribution in [3.05, 3.63) is 35.1 Å². The topological polar surface area (TPSA) is 70.6 Å². The van der Waals surface area contributed by atoms with Gasteiger partial charge in [-0.25, -0.2) is 12.8 Å². The van der Waals surface area contributed by atoms with E-state index >= 15 is 0 Å². The van der Waals surface area contributed by atoms with E-state index in [0.29, 0.717) is 23.6 Å². The largest absolute Gasteiger partial charge is 0.356 e. The third-order valence-electron chi connectivity index (χ3n) is 4.26. The Hall–Kier alpha value is -0.900.